The van der Waals surface area contributed by atoms with Crippen molar-refractivity contribution in [2.75, 3.05) is 0 Å². The summed E-state index contributed by atoms with van der Waals surface area (Å²) in [5, 5.41) is 3.05. The molecule has 2 saturated carbocycles. The molecule has 0 aromatic heterocycles. The van der Waals surface area contributed by atoms with Crippen LogP contribution in [0.1, 0.15) is 41.6 Å². The normalized spacial score (nSPS) is 27.8. The molecule has 0 aliphatic heterocycles. The van der Waals surface area contributed by atoms with Gasteiger partial charge in [0.25, 0.3) is 15.0 Å². The van der Waals surface area contributed by atoms with E-state index in [1.165, 1.54) is 25.3 Å². The van der Waals surface area contributed by atoms with Crippen LogP contribution in [0.4, 0.5) is 0 Å². The van der Waals surface area contributed by atoms with E-state index in [1.807, 2.05) is 0 Å². The van der Waals surface area contributed by atoms with Gasteiger partial charge in [0.1, 0.15) is 0 Å². The molecule has 2 bridgehead atoms. The first-order valence-electron chi connectivity index (χ1n) is 7.21. The SMILES string of the molecule is Cc1ccc(C(=O)NC2CC3CCC2C3)cc1S(=O)(=O)Cl. The number of benzene rings is 1. The molecule has 1 aromatic rings. The molecule has 1 N–H and O–H groups in total. The highest BCUT2D eigenvalue weighted by molar-refractivity contribution is 8.13. The number of aryl methyl sites for hydroxylation is 1. The van der Waals surface area contributed by atoms with Crippen molar-refractivity contribution in [2.24, 2.45) is 11.8 Å². The van der Waals surface area contributed by atoms with Gasteiger partial charge in [0.05, 0.1) is 4.90 Å². The Labute approximate surface area is 129 Å². The number of carbonyl (C=O) groups is 1. The number of rotatable bonds is 3. The van der Waals surface area contributed by atoms with Crippen molar-refractivity contribution < 1.29 is 13.2 Å². The minimum Gasteiger partial charge on any atom is -0.349 e. The van der Waals surface area contributed by atoms with Crippen molar-refractivity contribution in [2.45, 2.75) is 43.5 Å². The van der Waals surface area contributed by atoms with Crippen molar-refractivity contribution >= 4 is 25.6 Å². The maximum Gasteiger partial charge on any atom is 0.261 e. The van der Waals surface area contributed by atoms with Crippen molar-refractivity contribution in [3.8, 4) is 0 Å². The van der Waals surface area contributed by atoms with Crippen LogP contribution < -0.4 is 5.32 Å². The van der Waals surface area contributed by atoms with E-state index in [1.54, 1.807) is 19.1 Å². The lowest BCUT2D eigenvalue weighted by Crippen LogP contribution is -2.38. The summed E-state index contributed by atoms with van der Waals surface area (Å²) in [5.74, 6) is 1.12. The Morgan fingerprint density at radius 1 is 1.29 bits per heavy atom. The lowest BCUT2D eigenvalue weighted by Gasteiger charge is -2.23. The molecule has 0 heterocycles. The summed E-state index contributed by atoms with van der Waals surface area (Å²) in [6, 6.07) is 4.85. The highest BCUT2D eigenvalue weighted by Gasteiger charge is 2.40. The molecule has 4 nitrogen and oxygen atoms in total. The Balaban J connectivity index is 1.79. The summed E-state index contributed by atoms with van der Waals surface area (Å²) < 4.78 is 23.0. The van der Waals surface area contributed by atoms with Crippen LogP contribution in [0.15, 0.2) is 23.1 Å². The largest absolute Gasteiger partial charge is 0.349 e. The zero-order valence-corrected chi connectivity index (χ0v) is 13.4. The Bertz CT molecular complexity index is 686. The Morgan fingerprint density at radius 2 is 2.05 bits per heavy atom. The van der Waals surface area contributed by atoms with Crippen molar-refractivity contribution in [3.63, 3.8) is 0 Å². The summed E-state index contributed by atoms with van der Waals surface area (Å²) >= 11 is 0. The molecule has 0 saturated heterocycles. The second kappa shape index (κ2) is 5.29. The number of carbonyl (C=O) groups excluding carboxylic acids is 1. The van der Waals surface area contributed by atoms with Gasteiger partial charge < -0.3 is 5.32 Å². The number of amides is 1. The molecule has 2 aliphatic rings. The average molecular weight is 328 g/mol. The third-order valence-electron chi connectivity index (χ3n) is 4.77. The topological polar surface area (TPSA) is 63.2 Å². The van der Waals surface area contributed by atoms with Gasteiger partial charge in [0.2, 0.25) is 0 Å². The number of fused-ring (bicyclic) bond motifs is 2. The molecule has 114 valence electrons. The molecule has 0 radical (unpaired) electrons. The van der Waals surface area contributed by atoms with Gasteiger partial charge in [-0.05, 0) is 55.7 Å². The van der Waals surface area contributed by atoms with E-state index in [2.05, 4.69) is 5.32 Å². The van der Waals surface area contributed by atoms with Gasteiger partial charge in [-0.15, -0.1) is 0 Å². The van der Waals surface area contributed by atoms with E-state index in [0.717, 1.165) is 12.3 Å². The van der Waals surface area contributed by atoms with E-state index in [9.17, 15) is 13.2 Å². The van der Waals surface area contributed by atoms with Gasteiger partial charge in [-0.25, -0.2) is 8.42 Å². The predicted octanol–water partition coefficient (Wildman–Crippen LogP) is 2.84. The van der Waals surface area contributed by atoms with Gasteiger partial charge in [-0.1, -0.05) is 12.5 Å². The Hall–Kier alpha value is -1.07. The first-order chi connectivity index (χ1) is 9.84. The van der Waals surface area contributed by atoms with Crippen molar-refractivity contribution in [1.82, 2.24) is 5.32 Å². The molecular formula is C15H18ClNO3S. The van der Waals surface area contributed by atoms with Crippen LogP contribution in [-0.4, -0.2) is 20.4 Å². The molecule has 3 rings (SSSR count). The van der Waals surface area contributed by atoms with Gasteiger partial charge >= 0.3 is 0 Å². The molecule has 1 amide bonds. The maximum atomic E-state index is 12.3. The van der Waals surface area contributed by atoms with Crippen molar-refractivity contribution in [1.29, 1.82) is 0 Å². The van der Waals surface area contributed by atoms with Crippen LogP contribution in [0.5, 0.6) is 0 Å². The maximum absolute atomic E-state index is 12.3. The second-order valence-electron chi connectivity index (χ2n) is 6.17. The number of hydrogen-bond donors (Lipinski definition) is 1. The van der Waals surface area contributed by atoms with Gasteiger partial charge in [-0.3, -0.25) is 4.79 Å². The molecule has 3 unspecified atom stereocenters. The van der Waals surface area contributed by atoms with Crippen LogP contribution >= 0.6 is 10.7 Å². The van der Waals surface area contributed by atoms with E-state index in [-0.39, 0.29) is 16.8 Å². The van der Waals surface area contributed by atoms with E-state index < -0.39 is 9.05 Å². The summed E-state index contributed by atoms with van der Waals surface area (Å²) in [5.41, 5.74) is 0.893. The van der Waals surface area contributed by atoms with Crippen LogP contribution in [0.25, 0.3) is 0 Å². The number of halogens is 1. The molecule has 2 aliphatic carbocycles. The van der Waals surface area contributed by atoms with Gasteiger partial charge in [0.15, 0.2) is 0 Å². The molecular weight excluding hydrogens is 310 g/mol. The lowest BCUT2D eigenvalue weighted by atomic mass is 9.95. The standard InChI is InChI=1S/C15H18ClNO3S/c1-9-2-4-12(8-14(9)21(16,19)20)15(18)17-13-7-10-3-5-11(13)6-10/h2,4,8,10-11,13H,3,5-7H2,1H3,(H,17,18). The first-order valence-corrected chi connectivity index (χ1v) is 9.51. The van der Waals surface area contributed by atoms with Gasteiger partial charge in [0, 0.05) is 22.3 Å². The zero-order chi connectivity index (χ0) is 15.2. The van der Waals surface area contributed by atoms with Crippen LogP contribution in [-0.2, 0) is 9.05 Å². The van der Waals surface area contributed by atoms with Crippen LogP contribution in [0.2, 0.25) is 0 Å². The first kappa shape index (κ1) is 14.9. The van der Waals surface area contributed by atoms with Gasteiger partial charge in [-0.2, -0.15) is 0 Å². The lowest BCUT2D eigenvalue weighted by molar-refractivity contribution is 0.0922. The monoisotopic (exact) mass is 327 g/mol. The number of hydrogen-bond acceptors (Lipinski definition) is 3. The quantitative estimate of drug-likeness (QED) is 0.868. The van der Waals surface area contributed by atoms with E-state index in [4.69, 9.17) is 10.7 Å². The summed E-state index contributed by atoms with van der Waals surface area (Å²) in [7, 11) is 1.57. The Kier molecular flexibility index (Phi) is 3.74. The number of nitrogens with one attached hydrogen (secondary N) is 1. The molecule has 0 spiro atoms. The second-order valence-corrected chi connectivity index (χ2v) is 8.71. The molecule has 6 heteroatoms. The third-order valence-corrected chi connectivity index (χ3v) is 6.23. The molecule has 2 fully saturated rings. The minimum absolute atomic E-state index is 0.00441. The minimum atomic E-state index is -3.83. The summed E-state index contributed by atoms with van der Waals surface area (Å²) in [4.78, 5) is 12.3. The zero-order valence-electron chi connectivity index (χ0n) is 11.8. The summed E-state index contributed by atoms with van der Waals surface area (Å²) in [6.45, 7) is 1.66. The highest BCUT2D eigenvalue weighted by atomic mass is 35.7. The summed E-state index contributed by atoms with van der Waals surface area (Å²) in [6.07, 6.45) is 4.71. The fourth-order valence-corrected chi connectivity index (χ4v) is 4.90. The molecule has 21 heavy (non-hydrogen) atoms. The average Bonchev–Trinajstić information content (AvgIpc) is 3.00. The van der Waals surface area contributed by atoms with E-state index in [0.29, 0.717) is 17.0 Å². The molecule has 1 aromatic carbocycles. The third kappa shape index (κ3) is 2.94. The predicted molar refractivity (Wildman–Crippen MR) is 80.9 cm³/mol. The highest BCUT2D eigenvalue weighted by Crippen LogP contribution is 2.44. The fraction of sp³-hybridized carbons (Fsp3) is 0.533. The fourth-order valence-electron chi connectivity index (χ4n) is 3.68. The van der Waals surface area contributed by atoms with Crippen LogP contribution in [0, 0.1) is 18.8 Å². The van der Waals surface area contributed by atoms with Crippen LogP contribution in [0.3, 0.4) is 0 Å². The molecule has 3 atom stereocenters. The Morgan fingerprint density at radius 3 is 2.62 bits per heavy atom. The smallest absolute Gasteiger partial charge is 0.261 e. The van der Waals surface area contributed by atoms with Crippen molar-refractivity contribution in [3.05, 3.63) is 29.3 Å². The van der Waals surface area contributed by atoms with E-state index >= 15 is 0 Å².